The molecule has 0 aromatic heterocycles. The number of amides is 2. The number of ether oxygens (including phenoxy) is 1. The van der Waals surface area contributed by atoms with Crippen LogP contribution in [0.1, 0.15) is 35.6 Å². The quantitative estimate of drug-likeness (QED) is 0.406. The van der Waals surface area contributed by atoms with Crippen LogP contribution in [-0.4, -0.2) is 13.1 Å². The fraction of sp³-hybridized carbons (Fsp3) is 0.350. The molecule has 1 N–H and O–H groups in total. The molecule has 0 heterocycles. The molecule has 1 atom stereocenters. The molecule has 0 saturated heterocycles. The van der Waals surface area contributed by atoms with Gasteiger partial charge in [-0.2, -0.15) is 26.3 Å². The van der Waals surface area contributed by atoms with E-state index in [0.717, 1.165) is 18.4 Å². The monoisotopic (exact) mass is 464 g/mol. The smallest absolute Gasteiger partial charge is 0.416 e. The lowest BCUT2D eigenvalue weighted by atomic mass is 10.0. The lowest BCUT2D eigenvalue weighted by Gasteiger charge is -2.24. The second-order valence-electron chi connectivity index (χ2n) is 7.11. The molecule has 1 saturated carbocycles. The number of methoxy groups -OCH3 is 1. The number of nitrogens with one attached hydrogen (secondary N) is 1. The summed E-state index contributed by atoms with van der Waals surface area (Å²) in [5.74, 6) is 0.704. The summed E-state index contributed by atoms with van der Waals surface area (Å²) < 4.78 is 84.1. The highest BCUT2D eigenvalue weighted by atomic mass is 32.1. The normalized spacial score (nSPS) is 15.4. The van der Waals surface area contributed by atoms with E-state index in [1.807, 2.05) is 0 Å². The zero-order valence-corrected chi connectivity index (χ0v) is 17.0. The van der Waals surface area contributed by atoms with E-state index in [1.54, 1.807) is 24.3 Å². The van der Waals surface area contributed by atoms with Crippen LogP contribution in [0.4, 0.5) is 36.8 Å². The van der Waals surface area contributed by atoms with Gasteiger partial charge in [0, 0.05) is 0 Å². The molecular weight excluding hydrogens is 446 g/mol. The van der Waals surface area contributed by atoms with Gasteiger partial charge in [0.15, 0.2) is 0 Å². The Labute approximate surface area is 179 Å². The van der Waals surface area contributed by atoms with Gasteiger partial charge in [-0.3, -0.25) is 0 Å². The number of urea groups is 1. The van der Waals surface area contributed by atoms with Crippen LogP contribution in [0, 0.1) is 5.92 Å². The Morgan fingerprint density at radius 2 is 1.55 bits per heavy atom. The van der Waals surface area contributed by atoms with Gasteiger partial charge in [0.1, 0.15) is 5.75 Å². The first-order valence-corrected chi connectivity index (χ1v) is 9.53. The Kier molecular flexibility index (Phi) is 6.35. The van der Waals surface area contributed by atoms with E-state index >= 15 is 0 Å². The minimum Gasteiger partial charge on any atom is -0.497 e. The third-order valence-corrected chi connectivity index (χ3v) is 5.27. The van der Waals surface area contributed by atoms with Crippen molar-refractivity contribution in [3.63, 3.8) is 0 Å². The molecular formula is C20H18F6N2O2S. The number of carbonyl (C=O) groups is 1. The summed E-state index contributed by atoms with van der Waals surface area (Å²) in [6.07, 6.45) is -8.40. The van der Waals surface area contributed by atoms with Crippen molar-refractivity contribution >= 4 is 24.5 Å². The first kappa shape index (κ1) is 23.1. The number of benzene rings is 2. The molecule has 4 nitrogen and oxygen atoms in total. The Morgan fingerprint density at radius 1 is 1.03 bits per heavy atom. The van der Waals surface area contributed by atoms with E-state index < -0.39 is 41.2 Å². The highest BCUT2D eigenvalue weighted by molar-refractivity contribution is 7.82. The van der Waals surface area contributed by atoms with Crippen molar-refractivity contribution in [1.29, 1.82) is 0 Å². The van der Waals surface area contributed by atoms with Crippen molar-refractivity contribution in [2.75, 3.05) is 11.4 Å². The molecule has 0 aliphatic heterocycles. The largest absolute Gasteiger partial charge is 0.497 e. The SMILES string of the molecule is COc1ccc(C(NC(=O)N(S)c2cc(C(F)(F)F)cc(C(F)(F)F)c2)C2CC2)cc1. The summed E-state index contributed by atoms with van der Waals surface area (Å²) in [6.45, 7) is 0. The van der Waals surface area contributed by atoms with Gasteiger partial charge in [-0.25, -0.2) is 9.10 Å². The van der Waals surface area contributed by atoms with Crippen molar-refractivity contribution in [3.05, 3.63) is 59.2 Å². The summed E-state index contributed by atoms with van der Waals surface area (Å²) in [5, 5.41) is 2.65. The van der Waals surface area contributed by atoms with Crippen molar-refractivity contribution in [2.45, 2.75) is 31.2 Å². The summed E-state index contributed by atoms with van der Waals surface area (Å²) in [4.78, 5) is 12.7. The molecule has 0 spiro atoms. The van der Waals surface area contributed by atoms with Gasteiger partial charge < -0.3 is 10.1 Å². The molecule has 11 heteroatoms. The molecule has 1 unspecified atom stereocenters. The Hall–Kier alpha value is -2.56. The number of hydrogen-bond donors (Lipinski definition) is 2. The van der Waals surface area contributed by atoms with Gasteiger partial charge in [-0.1, -0.05) is 24.9 Å². The second kappa shape index (κ2) is 8.52. The number of carbonyl (C=O) groups excluding carboxylic acids is 1. The van der Waals surface area contributed by atoms with E-state index in [2.05, 4.69) is 18.1 Å². The van der Waals surface area contributed by atoms with Gasteiger partial charge in [0.2, 0.25) is 0 Å². The third kappa shape index (κ3) is 5.57. The molecule has 2 aromatic rings. The van der Waals surface area contributed by atoms with Crippen LogP contribution >= 0.6 is 12.8 Å². The summed E-state index contributed by atoms with van der Waals surface area (Å²) >= 11 is 3.87. The van der Waals surface area contributed by atoms with E-state index in [1.165, 1.54) is 7.11 Å². The molecule has 3 rings (SSSR count). The number of halogens is 6. The molecule has 0 bridgehead atoms. The summed E-state index contributed by atoms with van der Waals surface area (Å²) in [6, 6.07) is 6.32. The number of anilines is 1. The number of thiol groups is 1. The van der Waals surface area contributed by atoms with Gasteiger partial charge in [-0.15, -0.1) is 0 Å². The van der Waals surface area contributed by atoms with Crippen molar-refractivity contribution in [3.8, 4) is 5.75 Å². The van der Waals surface area contributed by atoms with Gasteiger partial charge in [0.05, 0.1) is 30.0 Å². The Morgan fingerprint density at radius 3 is 1.97 bits per heavy atom. The van der Waals surface area contributed by atoms with Crippen LogP contribution < -0.4 is 14.4 Å². The number of alkyl halides is 6. The van der Waals surface area contributed by atoms with Crippen LogP contribution in [0.25, 0.3) is 0 Å². The van der Waals surface area contributed by atoms with Crippen LogP contribution in [0.5, 0.6) is 5.75 Å². The Balaban J connectivity index is 1.87. The summed E-state index contributed by atoms with van der Waals surface area (Å²) in [7, 11) is 1.50. The van der Waals surface area contributed by atoms with Gasteiger partial charge in [-0.05, 0) is 54.7 Å². The number of rotatable bonds is 5. The zero-order valence-electron chi connectivity index (χ0n) is 16.1. The number of hydrogen-bond acceptors (Lipinski definition) is 3. The topological polar surface area (TPSA) is 41.6 Å². The van der Waals surface area contributed by atoms with Crippen LogP contribution in [0.15, 0.2) is 42.5 Å². The van der Waals surface area contributed by atoms with E-state index in [0.29, 0.717) is 22.2 Å². The van der Waals surface area contributed by atoms with E-state index in [9.17, 15) is 31.1 Å². The molecule has 31 heavy (non-hydrogen) atoms. The van der Waals surface area contributed by atoms with Gasteiger partial charge in [0.25, 0.3) is 0 Å². The highest BCUT2D eigenvalue weighted by Crippen LogP contribution is 2.42. The minimum atomic E-state index is -5.03. The van der Waals surface area contributed by atoms with E-state index in [-0.39, 0.29) is 12.0 Å². The molecule has 1 aliphatic rings. The standard InChI is InChI=1S/C20H18F6N2O2S/c1-30-16-6-4-12(5-7-16)17(11-2-3-11)27-18(29)28(31)15-9-13(19(21,22)23)8-14(10-15)20(24,25)26/h4-11,17,31H,2-3H2,1H3,(H,27,29). The maximum absolute atomic E-state index is 13.1. The van der Waals surface area contributed by atoms with E-state index in [4.69, 9.17) is 4.74 Å². The molecule has 1 fully saturated rings. The fourth-order valence-corrected chi connectivity index (χ4v) is 3.26. The maximum atomic E-state index is 13.1. The van der Waals surface area contributed by atoms with Crippen molar-refractivity contribution < 1.29 is 35.9 Å². The first-order valence-electron chi connectivity index (χ1n) is 9.13. The lowest BCUT2D eigenvalue weighted by Crippen LogP contribution is -2.37. The first-order chi connectivity index (χ1) is 14.4. The summed E-state index contributed by atoms with van der Waals surface area (Å²) in [5.41, 5.74) is -2.97. The van der Waals surface area contributed by atoms with Gasteiger partial charge >= 0.3 is 18.4 Å². The average Bonchev–Trinajstić information content (AvgIpc) is 3.55. The Bertz CT molecular complexity index is 910. The third-order valence-electron chi connectivity index (χ3n) is 4.86. The van der Waals surface area contributed by atoms with Crippen molar-refractivity contribution in [2.24, 2.45) is 5.92 Å². The maximum Gasteiger partial charge on any atom is 0.416 e. The highest BCUT2D eigenvalue weighted by Gasteiger charge is 2.38. The lowest BCUT2D eigenvalue weighted by molar-refractivity contribution is -0.143. The zero-order chi connectivity index (χ0) is 23.0. The number of nitrogens with zero attached hydrogens (tertiary/aromatic N) is 1. The fourth-order valence-electron chi connectivity index (χ4n) is 3.09. The van der Waals surface area contributed by atoms with Crippen LogP contribution in [-0.2, 0) is 12.4 Å². The minimum absolute atomic E-state index is 0.00657. The molecule has 2 aromatic carbocycles. The van der Waals surface area contributed by atoms with Crippen LogP contribution in [0.3, 0.4) is 0 Å². The predicted molar refractivity (Wildman–Crippen MR) is 105 cm³/mol. The molecule has 0 radical (unpaired) electrons. The second-order valence-corrected chi connectivity index (χ2v) is 7.51. The van der Waals surface area contributed by atoms with Crippen molar-refractivity contribution in [1.82, 2.24) is 5.32 Å². The molecule has 1 aliphatic carbocycles. The predicted octanol–water partition coefficient (Wildman–Crippen LogP) is 6.24. The molecule has 168 valence electrons. The van der Waals surface area contributed by atoms with Crippen LogP contribution in [0.2, 0.25) is 0 Å². The molecule has 2 amide bonds. The average molecular weight is 464 g/mol.